The SMILES string of the molecule is CC(C)COC(=O)N1CCCCCC1C1CCNCC1. The molecule has 0 radical (unpaired) electrons. The monoisotopic (exact) mass is 282 g/mol. The van der Waals surface area contributed by atoms with E-state index in [1.54, 1.807) is 0 Å². The standard InChI is InChI=1S/C16H30N2O2/c1-13(2)12-20-16(19)18-11-5-3-4-6-15(18)14-7-9-17-10-8-14/h13-15,17H,3-12H2,1-2H3. The molecule has 1 amide bonds. The van der Waals surface area contributed by atoms with Crippen molar-refractivity contribution >= 4 is 6.09 Å². The normalized spacial score (nSPS) is 25.6. The molecule has 2 saturated heterocycles. The van der Waals surface area contributed by atoms with E-state index in [4.69, 9.17) is 4.74 Å². The summed E-state index contributed by atoms with van der Waals surface area (Å²) in [6.07, 6.45) is 7.08. The van der Waals surface area contributed by atoms with Crippen LogP contribution >= 0.6 is 0 Å². The van der Waals surface area contributed by atoms with E-state index in [0.29, 0.717) is 24.5 Å². The Morgan fingerprint density at radius 2 is 1.95 bits per heavy atom. The fourth-order valence-corrected chi connectivity index (χ4v) is 3.40. The first kappa shape index (κ1) is 15.6. The first-order chi connectivity index (χ1) is 9.68. The van der Waals surface area contributed by atoms with Crippen LogP contribution in [0.4, 0.5) is 4.79 Å². The number of likely N-dealkylation sites (tertiary alicyclic amines) is 1. The molecule has 1 atom stereocenters. The van der Waals surface area contributed by atoms with Crippen molar-refractivity contribution < 1.29 is 9.53 Å². The average Bonchev–Trinajstić information content (AvgIpc) is 2.71. The Morgan fingerprint density at radius 1 is 1.20 bits per heavy atom. The number of nitrogens with zero attached hydrogens (tertiary/aromatic N) is 1. The third-order valence-corrected chi connectivity index (χ3v) is 4.50. The average molecular weight is 282 g/mol. The summed E-state index contributed by atoms with van der Waals surface area (Å²) in [6.45, 7) is 7.77. The van der Waals surface area contributed by atoms with Gasteiger partial charge in [-0.15, -0.1) is 0 Å². The Kier molecular flexibility index (Phi) is 6.14. The predicted octanol–water partition coefficient (Wildman–Crippen LogP) is 3.02. The van der Waals surface area contributed by atoms with Crippen molar-refractivity contribution in [3.05, 3.63) is 0 Å². The highest BCUT2D eigenvalue weighted by Gasteiger charge is 2.33. The molecule has 20 heavy (non-hydrogen) atoms. The molecule has 0 aromatic rings. The highest BCUT2D eigenvalue weighted by Crippen LogP contribution is 2.28. The summed E-state index contributed by atoms with van der Waals surface area (Å²) in [5, 5.41) is 3.42. The number of ether oxygens (including phenoxy) is 1. The number of carbonyl (C=O) groups excluding carboxylic acids is 1. The van der Waals surface area contributed by atoms with E-state index in [-0.39, 0.29) is 6.09 Å². The number of hydrogen-bond donors (Lipinski definition) is 1. The van der Waals surface area contributed by atoms with Gasteiger partial charge in [0.2, 0.25) is 0 Å². The molecule has 2 heterocycles. The van der Waals surface area contributed by atoms with Crippen LogP contribution in [0.15, 0.2) is 0 Å². The number of rotatable bonds is 3. The summed E-state index contributed by atoms with van der Waals surface area (Å²) in [7, 11) is 0. The molecule has 116 valence electrons. The van der Waals surface area contributed by atoms with Crippen LogP contribution in [-0.2, 0) is 4.74 Å². The van der Waals surface area contributed by atoms with Crippen LogP contribution in [0, 0.1) is 11.8 Å². The molecule has 2 fully saturated rings. The molecule has 2 aliphatic rings. The number of piperidine rings is 1. The van der Waals surface area contributed by atoms with Crippen LogP contribution in [0.1, 0.15) is 52.4 Å². The van der Waals surface area contributed by atoms with E-state index < -0.39 is 0 Å². The molecule has 0 bridgehead atoms. The van der Waals surface area contributed by atoms with Gasteiger partial charge in [0.15, 0.2) is 0 Å². The highest BCUT2D eigenvalue weighted by atomic mass is 16.6. The van der Waals surface area contributed by atoms with Crippen LogP contribution in [0.25, 0.3) is 0 Å². The highest BCUT2D eigenvalue weighted by molar-refractivity contribution is 5.68. The number of nitrogens with one attached hydrogen (secondary N) is 1. The van der Waals surface area contributed by atoms with E-state index in [1.165, 1.54) is 25.7 Å². The minimum Gasteiger partial charge on any atom is -0.449 e. The zero-order chi connectivity index (χ0) is 14.4. The molecule has 1 N–H and O–H groups in total. The fourth-order valence-electron chi connectivity index (χ4n) is 3.40. The Hall–Kier alpha value is -0.770. The summed E-state index contributed by atoms with van der Waals surface area (Å²) in [5.41, 5.74) is 0. The zero-order valence-corrected chi connectivity index (χ0v) is 13.1. The van der Waals surface area contributed by atoms with E-state index in [0.717, 1.165) is 32.5 Å². The third kappa shape index (κ3) is 4.37. The van der Waals surface area contributed by atoms with Crippen LogP contribution in [-0.4, -0.2) is 43.3 Å². The van der Waals surface area contributed by atoms with Crippen molar-refractivity contribution in [1.82, 2.24) is 10.2 Å². The van der Waals surface area contributed by atoms with E-state index in [2.05, 4.69) is 19.2 Å². The molecule has 1 unspecified atom stereocenters. The molecule has 0 saturated carbocycles. The molecular formula is C16H30N2O2. The zero-order valence-electron chi connectivity index (χ0n) is 13.1. The molecular weight excluding hydrogens is 252 g/mol. The summed E-state index contributed by atoms with van der Waals surface area (Å²) in [4.78, 5) is 14.4. The lowest BCUT2D eigenvalue weighted by molar-refractivity contribution is 0.0602. The number of amides is 1. The summed E-state index contributed by atoms with van der Waals surface area (Å²) >= 11 is 0. The van der Waals surface area contributed by atoms with E-state index in [1.807, 2.05) is 4.90 Å². The van der Waals surface area contributed by atoms with Gasteiger partial charge < -0.3 is 15.0 Å². The van der Waals surface area contributed by atoms with E-state index >= 15 is 0 Å². The van der Waals surface area contributed by atoms with Gasteiger partial charge in [0, 0.05) is 12.6 Å². The minimum atomic E-state index is -0.0795. The lowest BCUT2D eigenvalue weighted by Crippen LogP contribution is -2.47. The minimum absolute atomic E-state index is 0.0795. The van der Waals surface area contributed by atoms with Gasteiger partial charge >= 0.3 is 6.09 Å². The largest absolute Gasteiger partial charge is 0.449 e. The Balaban J connectivity index is 1.98. The van der Waals surface area contributed by atoms with Crippen molar-refractivity contribution in [2.24, 2.45) is 11.8 Å². The molecule has 2 rings (SSSR count). The van der Waals surface area contributed by atoms with Crippen LogP contribution in [0.2, 0.25) is 0 Å². The van der Waals surface area contributed by atoms with Gasteiger partial charge in [-0.1, -0.05) is 26.7 Å². The molecule has 0 spiro atoms. The second-order valence-electron chi connectivity index (χ2n) is 6.67. The van der Waals surface area contributed by atoms with Gasteiger partial charge in [-0.3, -0.25) is 0 Å². The number of carbonyl (C=O) groups is 1. The Bertz CT molecular complexity index is 301. The van der Waals surface area contributed by atoms with Crippen molar-refractivity contribution in [2.75, 3.05) is 26.2 Å². The molecule has 0 aromatic heterocycles. The van der Waals surface area contributed by atoms with Gasteiger partial charge in [0.05, 0.1) is 6.61 Å². The Labute approximate surface area is 123 Å². The van der Waals surface area contributed by atoms with Crippen LogP contribution in [0.3, 0.4) is 0 Å². The van der Waals surface area contributed by atoms with Gasteiger partial charge in [0.1, 0.15) is 0 Å². The van der Waals surface area contributed by atoms with Crippen molar-refractivity contribution in [3.8, 4) is 0 Å². The lowest BCUT2D eigenvalue weighted by Gasteiger charge is -2.37. The first-order valence-electron chi connectivity index (χ1n) is 8.32. The third-order valence-electron chi connectivity index (χ3n) is 4.50. The molecule has 4 heteroatoms. The quantitative estimate of drug-likeness (QED) is 0.865. The maximum absolute atomic E-state index is 12.4. The summed E-state index contributed by atoms with van der Waals surface area (Å²) < 4.78 is 5.49. The van der Waals surface area contributed by atoms with Gasteiger partial charge in [0.25, 0.3) is 0 Å². The molecule has 2 aliphatic heterocycles. The number of hydrogen-bond acceptors (Lipinski definition) is 3. The smallest absolute Gasteiger partial charge is 0.410 e. The maximum atomic E-state index is 12.4. The van der Waals surface area contributed by atoms with Gasteiger partial charge in [-0.05, 0) is 50.6 Å². The fraction of sp³-hybridized carbons (Fsp3) is 0.938. The Morgan fingerprint density at radius 3 is 2.65 bits per heavy atom. The van der Waals surface area contributed by atoms with Crippen molar-refractivity contribution in [2.45, 2.75) is 58.4 Å². The van der Waals surface area contributed by atoms with Crippen molar-refractivity contribution in [1.29, 1.82) is 0 Å². The lowest BCUT2D eigenvalue weighted by atomic mass is 9.87. The van der Waals surface area contributed by atoms with E-state index in [9.17, 15) is 4.79 Å². The summed E-state index contributed by atoms with van der Waals surface area (Å²) in [5.74, 6) is 1.06. The predicted molar refractivity (Wildman–Crippen MR) is 80.7 cm³/mol. The molecule has 0 aliphatic carbocycles. The second-order valence-corrected chi connectivity index (χ2v) is 6.67. The van der Waals surface area contributed by atoms with Gasteiger partial charge in [-0.2, -0.15) is 0 Å². The summed E-state index contributed by atoms with van der Waals surface area (Å²) in [6, 6.07) is 0.402. The topological polar surface area (TPSA) is 41.6 Å². The molecule has 0 aromatic carbocycles. The van der Waals surface area contributed by atoms with Crippen LogP contribution in [0.5, 0.6) is 0 Å². The van der Waals surface area contributed by atoms with Crippen LogP contribution < -0.4 is 5.32 Å². The molecule has 4 nitrogen and oxygen atoms in total. The van der Waals surface area contributed by atoms with Gasteiger partial charge in [-0.25, -0.2) is 4.79 Å². The van der Waals surface area contributed by atoms with Crippen molar-refractivity contribution in [3.63, 3.8) is 0 Å². The first-order valence-corrected chi connectivity index (χ1v) is 8.32. The maximum Gasteiger partial charge on any atom is 0.410 e. The second kappa shape index (κ2) is 7.87.